The molecule has 0 saturated heterocycles. The topological polar surface area (TPSA) is 146 Å². The molecule has 12 nitrogen and oxygen atoms in total. The summed E-state index contributed by atoms with van der Waals surface area (Å²) in [6.07, 6.45) is 3.34. The number of aryl methyl sites for hydroxylation is 1. The summed E-state index contributed by atoms with van der Waals surface area (Å²) < 4.78 is 13.0. The van der Waals surface area contributed by atoms with E-state index in [4.69, 9.17) is 9.47 Å². The first-order chi connectivity index (χ1) is 17.9. The van der Waals surface area contributed by atoms with Gasteiger partial charge in [-0.3, -0.25) is 18.8 Å². The van der Waals surface area contributed by atoms with Gasteiger partial charge in [0.15, 0.2) is 5.16 Å². The third-order valence-electron chi connectivity index (χ3n) is 5.65. The van der Waals surface area contributed by atoms with E-state index in [1.807, 2.05) is 6.92 Å². The predicted octanol–water partition coefficient (Wildman–Crippen LogP) is 1.75. The monoisotopic (exact) mass is 526 g/mol. The molecule has 194 valence electrons. The molecule has 0 fully saturated rings. The van der Waals surface area contributed by atoms with Crippen LogP contribution in [0.15, 0.2) is 57.9 Å². The number of hydrogen-bond acceptors (Lipinski definition) is 9. The quantitative estimate of drug-likeness (QED) is 0.242. The van der Waals surface area contributed by atoms with Crippen molar-refractivity contribution in [1.29, 1.82) is 0 Å². The van der Waals surface area contributed by atoms with Crippen LogP contribution in [0.4, 0.5) is 4.79 Å². The van der Waals surface area contributed by atoms with Crippen LogP contribution in [0.25, 0.3) is 10.9 Å². The third-order valence-corrected chi connectivity index (χ3v) is 6.65. The normalized spacial score (nSPS) is 15.3. The van der Waals surface area contributed by atoms with Crippen LogP contribution >= 0.6 is 11.8 Å². The van der Waals surface area contributed by atoms with Crippen molar-refractivity contribution in [1.82, 2.24) is 30.0 Å². The number of fused-ring (bicyclic) bond motifs is 1. The first-order valence-electron chi connectivity index (χ1n) is 11.5. The zero-order valence-corrected chi connectivity index (χ0v) is 21.3. The maximum atomic E-state index is 13.2. The molecule has 1 unspecified atom stereocenters. The number of ether oxygens (including phenoxy) is 2. The summed E-state index contributed by atoms with van der Waals surface area (Å²) in [4.78, 5) is 55.4. The molecule has 1 aliphatic rings. The van der Waals surface area contributed by atoms with Gasteiger partial charge in [0.2, 0.25) is 0 Å². The highest BCUT2D eigenvalue weighted by Crippen LogP contribution is 2.30. The molecule has 0 aliphatic carbocycles. The first kappa shape index (κ1) is 25.9. The maximum absolute atomic E-state index is 13.2. The minimum atomic E-state index is -0.787. The number of carbonyl (C=O) groups is 3. The molecule has 0 bridgehead atoms. The maximum Gasteiger partial charge on any atom is 0.338 e. The van der Waals surface area contributed by atoms with Crippen molar-refractivity contribution in [2.75, 3.05) is 19.5 Å². The summed E-state index contributed by atoms with van der Waals surface area (Å²) in [6.45, 7) is 4.03. The first-order valence-corrected chi connectivity index (χ1v) is 12.5. The van der Waals surface area contributed by atoms with Crippen molar-refractivity contribution < 1.29 is 23.9 Å². The molecule has 0 radical (unpaired) electrons. The molecule has 37 heavy (non-hydrogen) atoms. The van der Waals surface area contributed by atoms with Crippen LogP contribution in [0.2, 0.25) is 0 Å². The number of amides is 2. The molecule has 13 heteroatoms. The second-order valence-corrected chi connectivity index (χ2v) is 8.88. The minimum Gasteiger partial charge on any atom is -0.468 e. The van der Waals surface area contributed by atoms with Gasteiger partial charge in [-0.1, -0.05) is 23.9 Å². The molecule has 3 heterocycles. The molecule has 1 aliphatic heterocycles. The number of methoxy groups -OCH3 is 1. The van der Waals surface area contributed by atoms with E-state index in [2.05, 4.69) is 20.7 Å². The summed E-state index contributed by atoms with van der Waals surface area (Å²) in [5.41, 5.74) is 1.18. The second kappa shape index (κ2) is 11.3. The molecule has 4 rings (SSSR count). The van der Waals surface area contributed by atoms with Crippen molar-refractivity contribution in [2.24, 2.45) is 0 Å². The molecule has 3 aromatic rings. The highest BCUT2D eigenvalue weighted by Gasteiger charge is 2.34. The van der Waals surface area contributed by atoms with Crippen LogP contribution in [-0.2, 0) is 32.2 Å². The fourth-order valence-corrected chi connectivity index (χ4v) is 4.83. The molecule has 2 N–H and O–H groups in total. The van der Waals surface area contributed by atoms with Gasteiger partial charge < -0.3 is 20.1 Å². The van der Waals surface area contributed by atoms with Gasteiger partial charge in [-0.15, -0.1) is 0 Å². The molecule has 2 amide bonds. The van der Waals surface area contributed by atoms with Crippen LogP contribution in [0, 0.1) is 0 Å². The lowest BCUT2D eigenvalue weighted by Gasteiger charge is -2.28. The van der Waals surface area contributed by atoms with Crippen molar-refractivity contribution in [3.8, 4) is 0 Å². The summed E-state index contributed by atoms with van der Waals surface area (Å²) in [6, 6.07) is 5.50. The molecular formula is C24H26N6O6S. The standard InChI is InChI=1S/C24H26N6O6S/c1-4-29-11-14(10-25-29)20-19(22(33)36-5-2)17(26-23(34)28-20)13-37-24-27-16-9-7-6-8-15(16)21(32)30(24)12-18(31)35-3/h6-11,20H,4-5,12-13H2,1-3H3,(H2,26,28,34). The number of nitrogens with zero attached hydrogens (tertiary/aromatic N) is 4. The summed E-state index contributed by atoms with van der Waals surface area (Å²) >= 11 is 1.10. The lowest BCUT2D eigenvalue weighted by Crippen LogP contribution is -2.46. The molecule has 1 aromatic carbocycles. The van der Waals surface area contributed by atoms with E-state index >= 15 is 0 Å². The number of urea groups is 1. The average Bonchev–Trinajstić information content (AvgIpc) is 3.38. The van der Waals surface area contributed by atoms with E-state index in [0.717, 1.165) is 11.8 Å². The number of thioether (sulfide) groups is 1. The van der Waals surface area contributed by atoms with Crippen molar-refractivity contribution >= 4 is 40.6 Å². The Morgan fingerprint density at radius 3 is 2.68 bits per heavy atom. The second-order valence-electron chi connectivity index (χ2n) is 7.94. The Hall–Kier alpha value is -4.13. The summed E-state index contributed by atoms with van der Waals surface area (Å²) in [7, 11) is 1.23. The molecule has 1 atom stereocenters. The van der Waals surface area contributed by atoms with Crippen molar-refractivity contribution in [3.63, 3.8) is 0 Å². The largest absolute Gasteiger partial charge is 0.468 e. The third kappa shape index (κ3) is 5.50. The Morgan fingerprint density at radius 1 is 1.19 bits per heavy atom. The molecule has 2 aromatic heterocycles. The number of hydrogen-bond donors (Lipinski definition) is 2. The van der Waals surface area contributed by atoms with Gasteiger partial charge in [0.05, 0.1) is 42.4 Å². The number of aromatic nitrogens is 4. The van der Waals surface area contributed by atoms with E-state index in [1.165, 1.54) is 11.7 Å². The van der Waals surface area contributed by atoms with Crippen LogP contribution in [0.3, 0.4) is 0 Å². The van der Waals surface area contributed by atoms with Gasteiger partial charge in [-0.25, -0.2) is 14.6 Å². The number of carbonyl (C=O) groups excluding carboxylic acids is 3. The van der Waals surface area contributed by atoms with Crippen molar-refractivity contribution in [2.45, 2.75) is 38.1 Å². The lowest BCUT2D eigenvalue weighted by molar-refractivity contribution is -0.141. The SMILES string of the molecule is CCOC(=O)C1=C(CSc2nc3ccccc3c(=O)n2CC(=O)OC)NC(=O)NC1c1cnn(CC)c1. The van der Waals surface area contributed by atoms with E-state index in [-0.39, 0.29) is 29.6 Å². The van der Waals surface area contributed by atoms with E-state index in [0.29, 0.717) is 28.7 Å². The fraction of sp³-hybridized carbons (Fsp3) is 0.333. The van der Waals surface area contributed by atoms with Gasteiger partial charge in [0.1, 0.15) is 6.54 Å². The number of benzene rings is 1. The number of nitrogens with one attached hydrogen (secondary N) is 2. The van der Waals surface area contributed by atoms with Gasteiger partial charge in [-0.05, 0) is 26.0 Å². The fourth-order valence-electron chi connectivity index (χ4n) is 3.86. The smallest absolute Gasteiger partial charge is 0.338 e. The molecule has 0 spiro atoms. The van der Waals surface area contributed by atoms with Gasteiger partial charge in [-0.2, -0.15) is 5.10 Å². The van der Waals surface area contributed by atoms with E-state index in [9.17, 15) is 19.2 Å². The number of rotatable bonds is 9. The summed E-state index contributed by atoms with van der Waals surface area (Å²) in [5, 5.41) is 10.3. The zero-order chi connectivity index (χ0) is 26.5. The summed E-state index contributed by atoms with van der Waals surface area (Å²) in [5.74, 6) is -1.15. The highest BCUT2D eigenvalue weighted by atomic mass is 32.2. The Morgan fingerprint density at radius 2 is 1.97 bits per heavy atom. The zero-order valence-electron chi connectivity index (χ0n) is 20.5. The highest BCUT2D eigenvalue weighted by molar-refractivity contribution is 7.99. The van der Waals surface area contributed by atoms with Crippen LogP contribution in [-0.4, -0.2) is 56.8 Å². The Kier molecular flexibility index (Phi) is 7.92. The Bertz CT molecular complexity index is 1440. The molecule has 0 saturated carbocycles. The number of para-hydroxylation sites is 1. The Labute approximate surface area is 216 Å². The van der Waals surface area contributed by atoms with Crippen LogP contribution < -0.4 is 16.2 Å². The van der Waals surface area contributed by atoms with E-state index < -0.39 is 29.6 Å². The lowest BCUT2D eigenvalue weighted by atomic mass is 9.98. The van der Waals surface area contributed by atoms with E-state index in [1.54, 1.807) is 48.3 Å². The predicted molar refractivity (Wildman–Crippen MR) is 135 cm³/mol. The minimum absolute atomic E-state index is 0.0614. The Balaban J connectivity index is 1.76. The molecular weight excluding hydrogens is 500 g/mol. The van der Waals surface area contributed by atoms with Gasteiger partial charge in [0.25, 0.3) is 5.56 Å². The average molecular weight is 527 g/mol. The van der Waals surface area contributed by atoms with Crippen LogP contribution in [0.5, 0.6) is 0 Å². The number of esters is 2. The van der Waals surface area contributed by atoms with Crippen LogP contribution in [0.1, 0.15) is 25.5 Å². The van der Waals surface area contributed by atoms with Gasteiger partial charge in [0, 0.05) is 29.8 Å². The van der Waals surface area contributed by atoms with Gasteiger partial charge >= 0.3 is 18.0 Å². The van der Waals surface area contributed by atoms with Crippen molar-refractivity contribution in [3.05, 3.63) is 63.8 Å².